The Morgan fingerprint density at radius 1 is 1.54 bits per heavy atom. The molecular formula is C8H16N2O3. The van der Waals surface area contributed by atoms with Crippen LogP contribution in [0, 0.1) is 0 Å². The number of esters is 1. The van der Waals surface area contributed by atoms with Crippen LogP contribution in [0.25, 0.3) is 0 Å². The summed E-state index contributed by atoms with van der Waals surface area (Å²) in [6, 6.07) is 0. The van der Waals surface area contributed by atoms with Crippen LogP contribution in [0.15, 0.2) is 0 Å². The van der Waals surface area contributed by atoms with E-state index in [0.29, 0.717) is 0 Å². The number of hydrogen-bond donors (Lipinski definition) is 1. The Balaban J connectivity index is 2.18. The number of ether oxygens (including phenoxy) is 1. The molecule has 1 heterocycles. The van der Waals surface area contributed by atoms with Gasteiger partial charge in [-0.05, 0) is 19.9 Å². The molecule has 0 aromatic rings. The number of carbonyl (C=O) groups is 1. The summed E-state index contributed by atoms with van der Waals surface area (Å²) in [4.78, 5) is 17.3. The van der Waals surface area contributed by atoms with Crippen molar-refractivity contribution in [3.8, 4) is 0 Å². The lowest BCUT2D eigenvalue weighted by Gasteiger charge is -2.28. The van der Waals surface area contributed by atoms with E-state index in [1.54, 1.807) is 0 Å². The van der Waals surface area contributed by atoms with Gasteiger partial charge < -0.3 is 9.64 Å². The second kappa shape index (κ2) is 5.16. The Labute approximate surface area is 77.7 Å². The highest BCUT2D eigenvalue weighted by Crippen LogP contribution is 2.11. The maximum absolute atomic E-state index is 11.0. The molecular weight excluding hydrogens is 172 g/mol. The molecule has 1 fully saturated rings. The SMILES string of the molecule is CN1CCC(OC(=O)CON)CC1. The molecule has 1 rings (SSSR count). The number of nitrogens with two attached hydrogens (primary N) is 1. The molecule has 1 aliphatic heterocycles. The van der Waals surface area contributed by atoms with E-state index in [2.05, 4.69) is 16.8 Å². The van der Waals surface area contributed by atoms with Crippen molar-refractivity contribution in [1.82, 2.24) is 4.90 Å². The van der Waals surface area contributed by atoms with Gasteiger partial charge in [0.05, 0.1) is 0 Å². The minimum absolute atomic E-state index is 0.0406. The van der Waals surface area contributed by atoms with Crippen LogP contribution in [0.2, 0.25) is 0 Å². The maximum atomic E-state index is 11.0. The minimum Gasteiger partial charge on any atom is -0.461 e. The molecule has 1 saturated heterocycles. The summed E-state index contributed by atoms with van der Waals surface area (Å²) in [7, 11) is 2.06. The van der Waals surface area contributed by atoms with E-state index < -0.39 is 0 Å². The van der Waals surface area contributed by atoms with Gasteiger partial charge in [-0.15, -0.1) is 0 Å². The normalized spacial score (nSPS) is 20.2. The predicted molar refractivity (Wildman–Crippen MR) is 46.8 cm³/mol. The average molecular weight is 188 g/mol. The third-order valence-electron chi connectivity index (χ3n) is 2.16. The molecule has 0 unspecified atom stereocenters. The zero-order chi connectivity index (χ0) is 9.68. The standard InChI is InChI=1S/C8H16N2O3/c1-10-4-2-7(3-5-10)13-8(11)6-12-9/h7H,2-6,9H2,1H3. The van der Waals surface area contributed by atoms with Gasteiger partial charge in [0, 0.05) is 13.1 Å². The molecule has 0 aromatic heterocycles. The lowest BCUT2D eigenvalue weighted by Crippen LogP contribution is -2.36. The Morgan fingerprint density at radius 3 is 2.69 bits per heavy atom. The van der Waals surface area contributed by atoms with Crippen LogP contribution in [-0.2, 0) is 14.4 Å². The van der Waals surface area contributed by atoms with Gasteiger partial charge in [0.25, 0.3) is 0 Å². The zero-order valence-corrected chi connectivity index (χ0v) is 7.86. The monoisotopic (exact) mass is 188 g/mol. The van der Waals surface area contributed by atoms with Gasteiger partial charge in [-0.25, -0.2) is 10.7 Å². The molecule has 0 aliphatic carbocycles. The van der Waals surface area contributed by atoms with Gasteiger partial charge in [-0.2, -0.15) is 0 Å². The Hall–Kier alpha value is -0.650. The first-order valence-electron chi connectivity index (χ1n) is 4.42. The van der Waals surface area contributed by atoms with Crippen molar-refractivity contribution in [3.63, 3.8) is 0 Å². The van der Waals surface area contributed by atoms with Crippen molar-refractivity contribution in [2.45, 2.75) is 18.9 Å². The van der Waals surface area contributed by atoms with E-state index in [9.17, 15) is 4.79 Å². The molecule has 0 bridgehead atoms. The first kappa shape index (κ1) is 10.4. The van der Waals surface area contributed by atoms with Crippen LogP contribution in [0.4, 0.5) is 0 Å². The summed E-state index contributed by atoms with van der Waals surface area (Å²) < 4.78 is 5.11. The maximum Gasteiger partial charge on any atom is 0.334 e. The van der Waals surface area contributed by atoms with Crippen LogP contribution in [0.5, 0.6) is 0 Å². The van der Waals surface area contributed by atoms with E-state index >= 15 is 0 Å². The van der Waals surface area contributed by atoms with Gasteiger partial charge in [0.15, 0.2) is 6.61 Å². The van der Waals surface area contributed by atoms with Crippen molar-refractivity contribution < 1.29 is 14.4 Å². The van der Waals surface area contributed by atoms with Crippen LogP contribution in [-0.4, -0.2) is 43.7 Å². The fourth-order valence-electron chi connectivity index (χ4n) is 1.39. The molecule has 0 atom stereocenters. The first-order chi connectivity index (χ1) is 6.22. The van der Waals surface area contributed by atoms with Gasteiger partial charge in [0.1, 0.15) is 6.10 Å². The van der Waals surface area contributed by atoms with Crippen LogP contribution in [0.3, 0.4) is 0 Å². The first-order valence-corrected chi connectivity index (χ1v) is 4.42. The van der Waals surface area contributed by atoms with Crippen molar-refractivity contribution in [1.29, 1.82) is 0 Å². The van der Waals surface area contributed by atoms with Crippen molar-refractivity contribution in [3.05, 3.63) is 0 Å². The summed E-state index contributed by atoms with van der Waals surface area (Å²) in [6.45, 7) is 1.79. The van der Waals surface area contributed by atoms with E-state index in [-0.39, 0.29) is 18.7 Å². The number of rotatable bonds is 3. The Kier molecular flexibility index (Phi) is 4.14. The molecule has 0 radical (unpaired) electrons. The third kappa shape index (κ3) is 3.71. The summed E-state index contributed by atoms with van der Waals surface area (Å²) in [5.74, 6) is 4.37. The summed E-state index contributed by atoms with van der Waals surface area (Å²) in [6.07, 6.45) is 1.83. The Morgan fingerprint density at radius 2 is 2.15 bits per heavy atom. The van der Waals surface area contributed by atoms with E-state index in [1.165, 1.54) is 0 Å². The van der Waals surface area contributed by atoms with Gasteiger partial charge in [0.2, 0.25) is 0 Å². The molecule has 0 aromatic carbocycles. The quantitative estimate of drug-likeness (QED) is 0.478. The number of nitrogens with zero attached hydrogens (tertiary/aromatic N) is 1. The molecule has 2 N–H and O–H groups in total. The summed E-state index contributed by atoms with van der Waals surface area (Å²) >= 11 is 0. The summed E-state index contributed by atoms with van der Waals surface area (Å²) in [5.41, 5.74) is 0. The zero-order valence-electron chi connectivity index (χ0n) is 7.86. The van der Waals surface area contributed by atoms with Crippen molar-refractivity contribution in [2.75, 3.05) is 26.7 Å². The second-order valence-corrected chi connectivity index (χ2v) is 3.30. The third-order valence-corrected chi connectivity index (χ3v) is 2.16. The minimum atomic E-state index is -0.378. The average Bonchev–Trinajstić information content (AvgIpc) is 2.09. The molecule has 1 aliphatic rings. The fraction of sp³-hybridized carbons (Fsp3) is 0.875. The van der Waals surface area contributed by atoms with Gasteiger partial charge in [-0.3, -0.25) is 4.84 Å². The van der Waals surface area contributed by atoms with E-state index in [4.69, 9.17) is 10.6 Å². The predicted octanol–water partition coefficient (Wildman–Crippen LogP) is -0.486. The second-order valence-electron chi connectivity index (χ2n) is 3.30. The highest BCUT2D eigenvalue weighted by atomic mass is 16.6. The smallest absolute Gasteiger partial charge is 0.334 e. The molecule has 5 nitrogen and oxygen atoms in total. The number of piperidine rings is 1. The fourth-order valence-corrected chi connectivity index (χ4v) is 1.39. The molecule has 76 valence electrons. The van der Waals surface area contributed by atoms with Crippen LogP contribution >= 0.6 is 0 Å². The van der Waals surface area contributed by atoms with Gasteiger partial charge >= 0.3 is 5.97 Å². The molecule has 13 heavy (non-hydrogen) atoms. The van der Waals surface area contributed by atoms with Gasteiger partial charge in [-0.1, -0.05) is 0 Å². The number of hydrogen-bond acceptors (Lipinski definition) is 5. The van der Waals surface area contributed by atoms with Crippen molar-refractivity contribution in [2.24, 2.45) is 5.90 Å². The number of carbonyl (C=O) groups excluding carboxylic acids is 1. The van der Waals surface area contributed by atoms with Crippen LogP contribution in [0.1, 0.15) is 12.8 Å². The van der Waals surface area contributed by atoms with Crippen molar-refractivity contribution >= 4 is 5.97 Å². The lowest BCUT2D eigenvalue weighted by molar-refractivity contribution is -0.156. The largest absolute Gasteiger partial charge is 0.461 e. The molecule has 0 amide bonds. The highest BCUT2D eigenvalue weighted by Gasteiger charge is 2.19. The Bertz CT molecular complexity index is 167. The van der Waals surface area contributed by atoms with E-state index in [0.717, 1.165) is 25.9 Å². The van der Waals surface area contributed by atoms with E-state index in [1.807, 2.05) is 0 Å². The highest BCUT2D eigenvalue weighted by molar-refractivity contribution is 5.70. The van der Waals surface area contributed by atoms with Crippen LogP contribution < -0.4 is 5.90 Å². The number of likely N-dealkylation sites (tertiary alicyclic amines) is 1. The molecule has 0 saturated carbocycles. The lowest BCUT2D eigenvalue weighted by atomic mass is 10.1. The topological polar surface area (TPSA) is 64.8 Å². The molecule has 5 heteroatoms. The molecule has 0 spiro atoms. The summed E-state index contributed by atoms with van der Waals surface area (Å²) in [5, 5.41) is 0.